The summed E-state index contributed by atoms with van der Waals surface area (Å²) in [6, 6.07) is 2.85. The number of aromatic nitrogens is 3. The molecule has 1 atom stereocenters. The van der Waals surface area contributed by atoms with Gasteiger partial charge in [-0.25, -0.2) is 0 Å². The summed E-state index contributed by atoms with van der Waals surface area (Å²) in [6.07, 6.45) is 13.6. The lowest BCUT2D eigenvalue weighted by Crippen LogP contribution is -2.23. The first-order valence-corrected chi connectivity index (χ1v) is 8.13. The van der Waals surface area contributed by atoms with Crippen molar-refractivity contribution in [3.63, 3.8) is 0 Å². The van der Waals surface area contributed by atoms with E-state index in [4.69, 9.17) is 0 Å². The molecule has 2 aromatic rings. The third-order valence-corrected chi connectivity index (χ3v) is 4.26. The number of hydrogen-bond acceptors (Lipinski definition) is 2. The number of nitrogens with one attached hydrogen (secondary N) is 1. The Morgan fingerprint density at radius 2 is 2.24 bits per heavy atom. The number of rotatable bonds is 8. The summed E-state index contributed by atoms with van der Waals surface area (Å²) >= 11 is 0. The van der Waals surface area contributed by atoms with Crippen LogP contribution in [0.4, 0.5) is 0 Å². The van der Waals surface area contributed by atoms with Gasteiger partial charge in [0.25, 0.3) is 0 Å². The zero-order valence-corrected chi connectivity index (χ0v) is 13.1. The van der Waals surface area contributed by atoms with Gasteiger partial charge in [0.05, 0.1) is 6.20 Å². The van der Waals surface area contributed by atoms with Crippen LogP contribution in [0.2, 0.25) is 0 Å². The van der Waals surface area contributed by atoms with Crippen LogP contribution in [0.5, 0.6) is 0 Å². The van der Waals surface area contributed by atoms with Crippen molar-refractivity contribution in [1.82, 2.24) is 19.7 Å². The summed E-state index contributed by atoms with van der Waals surface area (Å²) in [5.74, 6) is 0.853. The monoisotopic (exact) mass is 286 g/mol. The predicted octanol–water partition coefficient (Wildman–Crippen LogP) is 2.92. The standard InChI is InChI=1S/C17H26N4/c1-3-8-18-17(15-4-5-15)16-7-10-21(13-16)9-6-14-11-19-20(2)12-14/h7,10-13,15,17-18H,3-6,8-9H2,1-2H3. The van der Waals surface area contributed by atoms with Gasteiger partial charge in [-0.3, -0.25) is 4.68 Å². The molecule has 0 spiro atoms. The maximum Gasteiger partial charge on any atom is 0.0522 e. The van der Waals surface area contributed by atoms with Crippen molar-refractivity contribution in [3.8, 4) is 0 Å². The molecule has 0 aliphatic heterocycles. The highest BCUT2D eigenvalue weighted by molar-refractivity contribution is 5.18. The molecule has 0 amide bonds. The lowest BCUT2D eigenvalue weighted by molar-refractivity contribution is 0.480. The van der Waals surface area contributed by atoms with Crippen LogP contribution >= 0.6 is 0 Å². The van der Waals surface area contributed by atoms with Gasteiger partial charge >= 0.3 is 0 Å². The first-order valence-electron chi connectivity index (χ1n) is 8.13. The van der Waals surface area contributed by atoms with Gasteiger partial charge in [-0.05, 0) is 55.3 Å². The van der Waals surface area contributed by atoms with E-state index in [1.165, 1.54) is 30.4 Å². The lowest BCUT2D eigenvalue weighted by Gasteiger charge is -2.16. The Hall–Kier alpha value is -1.55. The normalized spacial score (nSPS) is 16.3. The van der Waals surface area contributed by atoms with Crippen LogP contribution < -0.4 is 5.32 Å². The molecule has 2 aromatic heterocycles. The molecule has 1 saturated carbocycles. The van der Waals surface area contributed by atoms with E-state index < -0.39 is 0 Å². The van der Waals surface area contributed by atoms with Crippen molar-refractivity contribution < 1.29 is 0 Å². The van der Waals surface area contributed by atoms with Crippen LogP contribution in [0.25, 0.3) is 0 Å². The van der Waals surface area contributed by atoms with Crippen molar-refractivity contribution in [2.24, 2.45) is 13.0 Å². The van der Waals surface area contributed by atoms with E-state index in [2.05, 4.69) is 46.6 Å². The SMILES string of the molecule is CCCNC(c1ccn(CCc2cnn(C)c2)c1)C1CC1. The summed E-state index contributed by atoms with van der Waals surface area (Å²) in [4.78, 5) is 0. The third-order valence-electron chi connectivity index (χ3n) is 4.26. The van der Waals surface area contributed by atoms with E-state index in [1.807, 2.05) is 17.9 Å². The minimum atomic E-state index is 0.560. The minimum absolute atomic E-state index is 0.560. The van der Waals surface area contributed by atoms with Crippen molar-refractivity contribution >= 4 is 0 Å². The Morgan fingerprint density at radius 1 is 1.38 bits per heavy atom. The summed E-state index contributed by atoms with van der Waals surface area (Å²) < 4.78 is 4.18. The van der Waals surface area contributed by atoms with E-state index in [0.717, 1.165) is 25.4 Å². The molecule has 1 aliphatic rings. The van der Waals surface area contributed by atoms with Crippen LogP contribution in [-0.2, 0) is 20.0 Å². The van der Waals surface area contributed by atoms with E-state index in [1.54, 1.807) is 0 Å². The van der Waals surface area contributed by atoms with Crippen LogP contribution in [0.3, 0.4) is 0 Å². The molecular weight excluding hydrogens is 260 g/mol. The predicted molar refractivity (Wildman–Crippen MR) is 85.1 cm³/mol. The molecule has 0 aromatic carbocycles. The number of aryl methyl sites for hydroxylation is 3. The maximum atomic E-state index is 4.22. The molecule has 21 heavy (non-hydrogen) atoms. The zero-order valence-electron chi connectivity index (χ0n) is 13.1. The third kappa shape index (κ3) is 3.76. The van der Waals surface area contributed by atoms with E-state index in [-0.39, 0.29) is 0 Å². The van der Waals surface area contributed by atoms with Crippen LogP contribution in [-0.4, -0.2) is 20.9 Å². The molecular formula is C17H26N4. The van der Waals surface area contributed by atoms with E-state index in [9.17, 15) is 0 Å². The van der Waals surface area contributed by atoms with Crippen molar-refractivity contribution in [3.05, 3.63) is 42.0 Å². The first-order chi connectivity index (χ1) is 10.3. The zero-order chi connectivity index (χ0) is 14.7. The topological polar surface area (TPSA) is 34.8 Å². The van der Waals surface area contributed by atoms with Gasteiger partial charge in [-0.15, -0.1) is 0 Å². The highest BCUT2D eigenvalue weighted by Gasteiger charge is 2.32. The molecule has 4 heteroatoms. The molecule has 1 aliphatic carbocycles. The fourth-order valence-corrected chi connectivity index (χ4v) is 2.93. The smallest absolute Gasteiger partial charge is 0.0522 e. The maximum absolute atomic E-state index is 4.22. The van der Waals surface area contributed by atoms with Crippen molar-refractivity contribution in [1.29, 1.82) is 0 Å². The second-order valence-corrected chi connectivity index (χ2v) is 6.22. The van der Waals surface area contributed by atoms with Gasteiger partial charge in [0.15, 0.2) is 0 Å². The largest absolute Gasteiger partial charge is 0.354 e. The molecule has 4 nitrogen and oxygen atoms in total. The molecule has 1 N–H and O–H groups in total. The quantitative estimate of drug-likeness (QED) is 0.810. The fraction of sp³-hybridized carbons (Fsp3) is 0.588. The number of nitrogens with zero attached hydrogens (tertiary/aromatic N) is 3. The lowest BCUT2D eigenvalue weighted by atomic mass is 10.1. The molecule has 2 heterocycles. The molecule has 114 valence electrons. The van der Waals surface area contributed by atoms with Gasteiger partial charge in [0.1, 0.15) is 0 Å². The average molecular weight is 286 g/mol. The molecule has 0 saturated heterocycles. The van der Waals surface area contributed by atoms with Gasteiger partial charge < -0.3 is 9.88 Å². The van der Waals surface area contributed by atoms with Crippen molar-refractivity contribution in [2.75, 3.05) is 6.54 Å². The second-order valence-electron chi connectivity index (χ2n) is 6.22. The molecule has 1 unspecified atom stereocenters. The Kier molecular flexibility index (Phi) is 4.44. The fourth-order valence-electron chi connectivity index (χ4n) is 2.93. The summed E-state index contributed by atoms with van der Waals surface area (Å²) in [7, 11) is 1.97. The molecule has 0 bridgehead atoms. The van der Waals surface area contributed by atoms with Gasteiger partial charge in [-0.1, -0.05) is 6.92 Å². The minimum Gasteiger partial charge on any atom is -0.354 e. The van der Waals surface area contributed by atoms with E-state index in [0.29, 0.717) is 6.04 Å². The van der Waals surface area contributed by atoms with Gasteiger partial charge in [0.2, 0.25) is 0 Å². The number of hydrogen-bond donors (Lipinski definition) is 1. The highest BCUT2D eigenvalue weighted by Crippen LogP contribution is 2.41. The van der Waals surface area contributed by atoms with Crippen LogP contribution in [0.1, 0.15) is 43.4 Å². The van der Waals surface area contributed by atoms with Gasteiger partial charge in [0, 0.05) is 38.2 Å². The second kappa shape index (κ2) is 6.48. The molecule has 3 rings (SSSR count). The Balaban J connectivity index is 1.59. The van der Waals surface area contributed by atoms with Gasteiger partial charge in [-0.2, -0.15) is 5.10 Å². The average Bonchev–Trinajstić information content (AvgIpc) is 3.05. The van der Waals surface area contributed by atoms with Crippen LogP contribution in [0, 0.1) is 5.92 Å². The highest BCUT2D eigenvalue weighted by atomic mass is 15.2. The Morgan fingerprint density at radius 3 is 2.90 bits per heavy atom. The Bertz CT molecular complexity index is 565. The van der Waals surface area contributed by atoms with Crippen molar-refractivity contribution in [2.45, 2.75) is 45.2 Å². The Labute approximate surface area is 127 Å². The summed E-state index contributed by atoms with van der Waals surface area (Å²) in [5, 5.41) is 7.94. The van der Waals surface area contributed by atoms with E-state index >= 15 is 0 Å². The molecule has 0 radical (unpaired) electrons. The summed E-state index contributed by atoms with van der Waals surface area (Å²) in [6.45, 7) is 4.37. The van der Waals surface area contributed by atoms with Crippen LogP contribution in [0.15, 0.2) is 30.9 Å². The first kappa shape index (κ1) is 14.4. The molecule has 1 fully saturated rings. The summed E-state index contributed by atoms with van der Waals surface area (Å²) in [5.41, 5.74) is 2.76.